The fourth-order valence-corrected chi connectivity index (χ4v) is 2.68. The molecule has 0 aromatic rings. The first-order chi connectivity index (χ1) is 5.83. The molecule has 0 nitrogen and oxygen atoms in total. The topological polar surface area (TPSA) is 0 Å². The number of rotatable bonds is 3. The summed E-state index contributed by atoms with van der Waals surface area (Å²) >= 11 is 3.38. The van der Waals surface area contributed by atoms with E-state index in [0.717, 1.165) is 6.42 Å². The quantitative estimate of drug-likeness (QED) is 0.628. The lowest BCUT2D eigenvalue weighted by Gasteiger charge is -2.33. The van der Waals surface area contributed by atoms with E-state index in [0.29, 0.717) is 5.41 Å². The first-order valence-corrected chi connectivity index (χ1v) is 5.63. The molecule has 0 atom stereocenters. The predicted molar refractivity (Wildman–Crippen MR) is 58.4 cm³/mol. The van der Waals surface area contributed by atoms with Crippen LogP contribution in [0.1, 0.15) is 38.5 Å². The smallest absolute Gasteiger partial charge is 0.00756 e. The van der Waals surface area contributed by atoms with Gasteiger partial charge in [-0.2, -0.15) is 0 Å². The second-order valence-electron chi connectivity index (χ2n) is 3.71. The van der Waals surface area contributed by atoms with Crippen LogP contribution in [0.3, 0.4) is 0 Å². The van der Waals surface area contributed by atoms with Crippen LogP contribution < -0.4 is 0 Å². The maximum Gasteiger partial charge on any atom is -0.00756 e. The molecule has 12 heavy (non-hydrogen) atoms. The minimum atomic E-state index is 0.434. The normalized spacial score (nSPS) is 22.8. The monoisotopic (exact) mass is 228 g/mol. The Hall–Kier alpha value is -0.0400. The van der Waals surface area contributed by atoms with Gasteiger partial charge in [-0.05, 0) is 29.7 Å². The third-order valence-corrected chi connectivity index (χ3v) is 3.08. The Morgan fingerprint density at radius 2 is 1.92 bits per heavy atom. The molecule has 0 bridgehead atoms. The van der Waals surface area contributed by atoms with Gasteiger partial charge in [-0.15, -0.1) is 6.58 Å². The van der Waals surface area contributed by atoms with Crippen LogP contribution in [0.4, 0.5) is 0 Å². The maximum atomic E-state index is 3.83. The van der Waals surface area contributed by atoms with Gasteiger partial charge in [-0.3, -0.25) is 0 Å². The van der Waals surface area contributed by atoms with E-state index in [2.05, 4.69) is 34.7 Å². The zero-order chi connectivity index (χ0) is 8.86. The van der Waals surface area contributed by atoms with Gasteiger partial charge in [0.15, 0.2) is 0 Å². The average molecular weight is 229 g/mol. The van der Waals surface area contributed by atoms with Gasteiger partial charge in [0, 0.05) is 0 Å². The molecule has 68 valence electrons. The minimum Gasteiger partial charge on any atom is -0.103 e. The van der Waals surface area contributed by atoms with Gasteiger partial charge in [0.2, 0.25) is 0 Å². The lowest BCUT2D eigenvalue weighted by molar-refractivity contribution is 0.261. The molecule has 1 heteroatoms. The van der Waals surface area contributed by atoms with E-state index >= 15 is 0 Å². The van der Waals surface area contributed by atoms with E-state index in [-0.39, 0.29) is 0 Å². The van der Waals surface area contributed by atoms with Crippen LogP contribution in [0, 0.1) is 5.41 Å². The average Bonchev–Trinajstić information content (AvgIpc) is 2.07. The van der Waals surface area contributed by atoms with Crippen molar-refractivity contribution in [2.45, 2.75) is 38.5 Å². The standard InChI is InChI=1S/C11H17Br/c1-2-6-11(9-10-12)7-4-3-5-8-11/h2,9-10H,1,3-8H2/b10-9+. The van der Waals surface area contributed by atoms with Crippen LogP contribution in [-0.2, 0) is 0 Å². The molecule has 0 unspecified atom stereocenters. The molecule has 0 heterocycles. The molecule has 1 saturated carbocycles. The lowest BCUT2D eigenvalue weighted by Crippen LogP contribution is -2.20. The van der Waals surface area contributed by atoms with Gasteiger partial charge in [0.05, 0.1) is 0 Å². The second kappa shape index (κ2) is 4.86. The molecule has 0 N–H and O–H groups in total. The van der Waals surface area contributed by atoms with Gasteiger partial charge in [-0.25, -0.2) is 0 Å². The van der Waals surface area contributed by atoms with Crippen LogP contribution in [0.5, 0.6) is 0 Å². The Morgan fingerprint density at radius 1 is 1.25 bits per heavy atom. The highest BCUT2D eigenvalue weighted by Gasteiger charge is 2.27. The molecular formula is C11H17Br. The van der Waals surface area contributed by atoms with Crippen molar-refractivity contribution in [2.75, 3.05) is 0 Å². The molecule has 1 rings (SSSR count). The van der Waals surface area contributed by atoms with Crippen molar-refractivity contribution in [3.63, 3.8) is 0 Å². The molecule has 0 saturated heterocycles. The Kier molecular flexibility index (Phi) is 4.07. The van der Waals surface area contributed by atoms with E-state index in [1.54, 1.807) is 0 Å². The summed E-state index contributed by atoms with van der Waals surface area (Å²) in [6.45, 7) is 3.83. The van der Waals surface area contributed by atoms with Gasteiger partial charge < -0.3 is 0 Å². The van der Waals surface area contributed by atoms with E-state index in [4.69, 9.17) is 0 Å². The van der Waals surface area contributed by atoms with Gasteiger partial charge in [0.25, 0.3) is 0 Å². The molecule has 0 aromatic heterocycles. The SMILES string of the molecule is C=CCC1(/C=C/Br)CCCCC1. The molecule has 1 aliphatic carbocycles. The van der Waals surface area contributed by atoms with Crippen LogP contribution in [0.15, 0.2) is 23.7 Å². The van der Waals surface area contributed by atoms with Crippen LogP contribution in [-0.4, -0.2) is 0 Å². The first-order valence-electron chi connectivity index (χ1n) is 4.72. The molecule has 0 spiro atoms. The molecule has 0 amide bonds. The van der Waals surface area contributed by atoms with Crippen molar-refractivity contribution in [2.24, 2.45) is 5.41 Å². The molecule has 0 aliphatic heterocycles. The summed E-state index contributed by atoms with van der Waals surface area (Å²) in [6, 6.07) is 0. The first kappa shape index (κ1) is 10.0. The third kappa shape index (κ3) is 2.48. The Bertz CT molecular complexity index is 164. The number of hydrogen-bond donors (Lipinski definition) is 0. The van der Waals surface area contributed by atoms with E-state index in [9.17, 15) is 0 Å². The van der Waals surface area contributed by atoms with Gasteiger partial charge >= 0.3 is 0 Å². The fraction of sp³-hybridized carbons (Fsp3) is 0.636. The summed E-state index contributed by atoms with van der Waals surface area (Å²) in [6.07, 6.45) is 12.3. The molecule has 0 aromatic carbocycles. The van der Waals surface area contributed by atoms with Crippen LogP contribution in [0.25, 0.3) is 0 Å². The van der Waals surface area contributed by atoms with E-state index in [1.807, 2.05) is 4.99 Å². The maximum absolute atomic E-state index is 3.83. The second-order valence-corrected chi connectivity index (χ2v) is 4.24. The zero-order valence-corrected chi connectivity index (χ0v) is 9.15. The number of allylic oxidation sites excluding steroid dienone is 2. The summed E-state index contributed by atoms with van der Waals surface area (Å²) in [7, 11) is 0. The largest absolute Gasteiger partial charge is 0.103 e. The van der Waals surface area contributed by atoms with Crippen molar-refractivity contribution in [1.82, 2.24) is 0 Å². The Morgan fingerprint density at radius 3 is 2.42 bits per heavy atom. The highest BCUT2D eigenvalue weighted by molar-refractivity contribution is 9.11. The molecule has 1 fully saturated rings. The lowest BCUT2D eigenvalue weighted by atomic mass is 9.72. The van der Waals surface area contributed by atoms with Gasteiger partial charge in [0.1, 0.15) is 0 Å². The zero-order valence-electron chi connectivity index (χ0n) is 7.56. The minimum absolute atomic E-state index is 0.434. The van der Waals surface area contributed by atoms with Crippen LogP contribution in [0.2, 0.25) is 0 Å². The van der Waals surface area contributed by atoms with Crippen molar-refractivity contribution in [1.29, 1.82) is 0 Å². The summed E-state index contributed by atoms with van der Waals surface area (Å²) in [5.74, 6) is 0. The van der Waals surface area contributed by atoms with Crippen molar-refractivity contribution in [3.8, 4) is 0 Å². The Labute approximate surface area is 83.9 Å². The highest BCUT2D eigenvalue weighted by Crippen LogP contribution is 2.40. The fourth-order valence-electron chi connectivity index (χ4n) is 2.12. The van der Waals surface area contributed by atoms with Crippen molar-refractivity contribution < 1.29 is 0 Å². The molecule has 0 radical (unpaired) electrons. The number of hydrogen-bond acceptors (Lipinski definition) is 0. The van der Waals surface area contributed by atoms with E-state index in [1.165, 1.54) is 32.1 Å². The molecular weight excluding hydrogens is 212 g/mol. The van der Waals surface area contributed by atoms with Gasteiger partial charge in [-0.1, -0.05) is 47.3 Å². The Balaban J connectivity index is 2.62. The third-order valence-electron chi connectivity index (χ3n) is 2.82. The van der Waals surface area contributed by atoms with Crippen LogP contribution >= 0.6 is 15.9 Å². The summed E-state index contributed by atoms with van der Waals surface area (Å²) in [4.78, 5) is 2.02. The summed E-state index contributed by atoms with van der Waals surface area (Å²) < 4.78 is 0. The van der Waals surface area contributed by atoms with Crippen molar-refractivity contribution in [3.05, 3.63) is 23.7 Å². The van der Waals surface area contributed by atoms with E-state index < -0.39 is 0 Å². The number of halogens is 1. The summed E-state index contributed by atoms with van der Waals surface area (Å²) in [5.41, 5.74) is 0.434. The highest BCUT2D eigenvalue weighted by atomic mass is 79.9. The summed E-state index contributed by atoms with van der Waals surface area (Å²) in [5, 5.41) is 0. The van der Waals surface area contributed by atoms with Crippen molar-refractivity contribution >= 4 is 15.9 Å². The predicted octanol–water partition coefficient (Wildman–Crippen LogP) is 4.42. The molecule has 1 aliphatic rings.